The fraction of sp³-hybridized carbons (Fsp3) is 0.200. The van der Waals surface area contributed by atoms with Crippen molar-refractivity contribution in [2.24, 2.45) is 0 Å². The van der Waals surface area contributed by atoms with E-state index < -0.39 is 0 Å². The van der Waals surface area contributed by atoms with Gasteiger partial charge in [0.1, 0.15) is 5.82 Å². The zero-order valence-corrected chi connectivity index (χ0v) is 12.7. The second-order valence-corrected chi connectivity index (χ2v) is 4.92. The molecule has 22 heavy (non-hydrogen) atoms. The number of aryl methyl sites for hydroxylation is 1. The normalized spacial score (nSPS) is 10.1. The van der Waals surface area contributed by atoms with E-state index >= 15 is 0 Å². The molecule has 0 aliphatic rings. The Balaban J connectivity index is 1.77. The Labute approximate surface area is 132 Å². The number of aromatic nitrogens is 2. The summed E-state index contributed by atoms with van der Waals surface area (Å²) in [6, 6.07) is 6.78. The molecule has 1 aromatic carbocycles. The molecule has 0 spiro atoms. The molecule has 0 radical (unpaired) electrons. The summed E-state index contributed by atoms with van der Waals surface area (Å²) < 4.78 is 0. The lowest BCUT2D eigenvalue weighted by atomic mass is 10.2. The maximum atomic E-state index is 11.9. The van der Waals surface area contributed by atoms with Gasteiger partial charge in [0.15, 0.2) is 0 Å². The van der Waals surface area contributed by atoms with Gasteiger partial charge in [-0.15, -0.1) is 0 Å². The van der Waals surface area contributed by atoms with Crippen LogP contribution in [-0.2, 0) is 0 Å². The SMILES string of the molecule is Cc1ncc(C(=O)NCCNC(=O)c2ccccc2Cl)cn1. The molecule has 6 nitrogen and oxygen atoms in total. The summed E-state index contributed by atoms with van der Waals surface area (Å²) in [7, 11) is 0. The van der Waals surface area contributed by atoms with E-state index in [1.165, 1.54) is 12.4 Å². The molecule has 0 unspecified atom stereocenters. The van der Waals surface area contributed by atoms with Crippen LogP contribution in [0.1, 0.15) is 26.5 Å². The Morgan fingerprint density at radius 3 is 2.27 bits per heavy atom. The molecular weight excluding hydrogens is 304 g/mol. The van der Waals surface area contributed by atoms with Gasteiger partial charge >= 0.3 is 0 Å². The number of amides is 2. The van der Waals surface area contributed by atoms with Crippen LogP contribution in [0.5, 0.6) is 0 Å². The first-order valence-electron chi connectivity index (χ1n) is 6.67. The lowest BCUT2D eigenvalue weighted by Gasteiger charge is -2.08. The minimum atomic E-state index is -0.285. The van der Waals surface area contributed by atoms with E-state index in [0.717, 1.165) is 0 Å². The highest BCUT2D eigenvalue weighted by atomic mass is 35.5. The van der Waals surface area contributed by atoms with Gasteiger partial charge in [-0.05, 0) is 19.1 Å². The van der Waals surface area contributed by atoms with Crippen molar-refractivity contribution in [3.05, 3.63) is 58.6 Å². The topological polar surface area (TPSA) is 84.0 Å². The first-order valence-corrected chi connectivity index (χ1v) is 7.05. The summed E-state index contributed by atoms with van der Waals surface area (Å²) in [6.07, 6.45) is 2.92. The maximum Gasteiger partial charge on any atom is 0.254 e. The van der Waals surface area contributed by atoms with Crippen molar-refractivity contribution in [1.82, 2.24) is 20.6 Å². The lowest BCUT2D eigenvalue weighted by molar-refractivity contribution is 0.0927. The molecular formula is C15H15ClN4O2. The Hall–Kier alpha value is -2.47. The monoisotopic (exact) mass is 318 g/mol. The van der Waals surface area contributed by atoms with Crippen LogP contribution in [0.3, 0.4) is 0 Å². The Kier molecular flexibility index (Phi) is 5.43. The van der Waals surface area contributed by atoms with Crippen molar-refractivity contribution in [2.75, 3.05) is 13.1 Å². The molecule has 2 rings (SSSR count). The zero-order chi connectivity index (χ0) is 15.9. The summed E-state index contributed by atoms with van der Waals surface area (Å²) in [5.74, 6) is 0.0362. The molecule has 0 bridgehead atoms. The first-order chi connectivity index (χ1) is 10.6. The number of nitrogens with one attached hydrogen (secondary N) is 2. The number of carbonyl (C=O) groups is 2. The molecule has 2 N–H and O–H groups in total. The van der Waals surface area contributed by atoms with E-state index in [9.17, 15) is 9.59 Å². The van der Waals surface area contributed by atoms with Crippen LogP contribution in [-0.4, -0.2) is 34.9 Å². The van der Waals surface area contributed by atoms with Crippen molar-refractivity contribution in [2.45, 2.75) is 6.92 Å². The Morgan fingerprint density at radius 2 is 1.64 bits per heavy atom. The average Bonchev–Trinajstić information content (AvgIpc) is 2.52. The Morgan fingerprint density at radius 1 is 1.05 bits per heavy atom. The molecule has 2 amide bonds. The van der Waals surface area contributed by atoms with Crippen LogP contribution in [0.25, 0.3) is 0 Å². The zero-order valence-electron chi connectivity index (χ0n) is 12.0. The molecule has 2 aromatic rings. The second kappa shape index (κ2) is 7.51. The highest BCUT2D eigenvalue weighted by molar-refractivity contribution is 6.33. The van der Waals surface area contributed by atoms with Gasteiger partial charge in [0.2, 0.25) is 0 Å². The van der Waals surface area contributed by atoms with Gasteiger partial charge < -0.3 is 10.6 Å². The smallest absolute Gasteiger partial charge is 0.254 e. The molecule has 1 heterocycles. The second-order valence-electron chi connectivity index (χ2n) is 4.51. The molecule has 114 valence electrons. The Bertz CT molecular complexity index is 673. The third-order valence-electron chi connectivity index (χ3n) is 2.86. The summed E-state index contributed by atoms with van der Waals surface area (Å²) in [4.78, 5) is 31.6. The molecule has 0 atom stereocenters. The average molecular weight is 319 g/mol. The van der Waals surface area contributed by atoms with Gasteiger partial charge in [-0.3, -0.25) is 9.59 Å². The summed E-state index contributed by atoms with van der Waals surface area (Å²) in [5.41, 5.74) is 0.783. The van der Waals surface area contributed by atoms with E-state index in [-0.39, 0.29) is 11.8 Å². The van der Waals surface area contributed by atoms with Gasteiger partial charge in [-0.25, -0.2) is 9.97 Å². The largest absolute Gasteiger partial charge is 0.350 e. The molecule has 0 aliphatic carbocycles. The molecule has 0 fully saturated rings. The molecule has 0 aliphatic heterocycles. The van der Waals surface area contributed by atoms with Crippen LogP contribution in [0.15, 0.2) is 36.7 Å². The first kappa shape index (κ1) is 15.9. The number of hydrogen-bond donors (Lipinski definition) is 2. The summed E-state index contributed by atoms with van der Waals surface area (Å²) in [6.45, 7) is 2.33. The third-order valence-corrected chi connectivity index (χ3v) is 3.19. The van der Waals surface area contributed by atoms with Crippen LogP contribution < -0.4 is 10.6 Å². The number of benzene rings is 1. The molecule has 0 saturated heterocycles. The van der Waals surface area contributed by atoms with Gasteiger partial charge in [0.25, 0.3) is 11.8 Å². The lowest BCUT2D eigenvalue weighted by Crippen LogP contribution is -2.34. The van der Waals surface area contributed by atoms with Crippen LogP contribution in [0.4, 0.5) is 0 Å². The van der Waals surface area contributed by atoms with Gasteiger partial charge in [0, 0.05) is 25.5 Å². The third kappa shape index (κ3) is 4.26. The van der Waals surface area contributed by atoms with Crippen LogP contribution >= 0.6 is 11.6 Å². The van der Waals surface area contributed by atoms with Crippen molar-refractivity contribution in [3.8, 4) is 0 Å². The minimum Gasteiger partial charge on any atom is -0.350 e. The van der Waals surface area contributed by atoms with Crippen molar-refractivity contribution in [1.29, 1.82) is 0 Å². The molecule has 1 aromatic heterocycles. The van der Waals surface area contributed by atoms with Gasteiger partial charge in [-0.2, -0.15) is 0 Å². The fourth-order valence-corrected chi connectivity index (χ4v) is 1.93. The van der Waals surface area contributed by atoms with Crippen molar-refractivity contribution < 1.29 is 9.59 Å². The number of carbonyl (C=O) groups excluding carboxylic acids is 2. The van der Waals surface area contributed by atoms with E-state index in [1.807, 2.05) is 0 Å². The van der Waals surface area contributed by atoms with E-state index in [1.54, 1.807) is 31.2 Å². The number of hydrogen-bond acceptors (Lipinski definition) is 4. The van der Waals surface area contributed by atoms with Gasteiger partial charge in [-0.1, -0.05) is 23.7 Å². The summed E-state index contributed by atoms with van der Waals surface area (Å²) in [5, 5.41) is 5.75. The van der Waals surface area contributed by atoms with Crippen molar-refractivity contribution >= 4 is 23.4 Å². The van der Waals surface area contributed by atoms with E-state index in [0.29, 0.717) is 35.1 Å². The highest BCUT2D eigenvalue weighted by Crippen LogP contribution is 2.14. The predicted molar refractivity (Wildman–Crippen MR) is 82.9 cm³/mol. The van der Waals surface area contributed by atoms with Crippen LogP contribution in [0, 0.1) is 6.92 Å². The number of rotatable bonds is 5. The standard InChI is InChI=1S/C15H15ClN4O2/c1-10-19-8-11(9-20-10)14(21)17-6-7-18-15(22)12-4-2-3-5-13(12)16/h2-5,8-9H,6-7H2,1H3,(H,17,21)(H,18,22). The minimum absolute atomic E-state index is 0.279. The highest BCUT2D eigenvalue weighted by Gasteiger charge is 2.09. The number of halogens is 1. The fourth-order valence-electron chi connectivity index (χ4n) is 1.70. The van der Waals surface area contributed by atoms with E-state index in [4.69, 9.17) is 11.6 Å². The molecule has 0 saturated carbocycles. The summed E-state index contributed by atoms with van der Waals surface area (Å²) >= 11 is 5.93. The molecule has 7 heteroatoms. The van der Waals surface area contributed by atoms with Crippen LogP contribution in [0.2, 0.25) is 5.02 Å². The maximum absolute atomic E-state index is 11.9. The van der Waals surface area contributed by atoms with E-state index in [2.05, 4.69) is 20.6 Å². The quantitative estimate of drug-likeness (QED) is 0.820. The number of nitrogens with zero attached hydrogens (tertiary/aromatic N) is 2. The van der Waals surface area contributed by atoms with Gasteiger partial charge in [0.05, 0.1) is 16.1 Å². The predicted octanol–water partition coefficient (Wildman–Crippen LogP) is 1.60. The van der Waals surface area contributed by atoms with Crippen molar-refractivity contribution in [3.63, 3.8) is 0 Å².